The summed E-state index contributed by atoms with van der Waals surface area (Å²) in [6.07, 6.45) is 6.03. The Hall–Kier alpha value is -0.380. The highest BCUT2D eigenvalue weighted by Gasteiger charge is 2.21. The lowest BCUT2D eigenvalue weighted by atomic mass is 10.3. The van der Waals surface area contributed by atoms with Crippen molar-refractivity contribution in [3.63, 3.8) is 0 Å². The molecule has 0 spiro atoms. The highest BCUT2D eigenvalue weighted by molar-refractivity contribution is 9.10. The smallest absolute Gasteiger partial charge is 0.226 e. The summed E-state index contributed by atoms with van der Waals surface area (Å²) >= 11 is 3.10. The Morgan fingerprint density at radius 2 is 2.17 bits per heavy atom. The second-order valence-corrected chi connectivity index (χ2v) is 4.02. The van der Waals surface area contributed by atoms with Crippen LogP contribution in [0.15, 0.2) is 10.7 Å². The lowest BCUT2D eigenvalue weighted by Crippen LogP contribution is -2.08. The van der Waals surface area contributed by atoms with Crippen molar-refractivity contribution in [2.45, 2.75) is 31.7 Å². The molecule has 1 heterocycles. The van der Waals surface area contributed by atoms with Crippen LogP contribution in [0.1, 0.15) is 31.7 Å². The second-order valence-electron chi connectivity index (χ2n) is 3.17. The number of halogens is 2. The third kappa shape index (κ3) is 1.28. The molecule has 0 aliphatic heterocycles. The molecule has 2 rings (SSSR count). The maximum absolute atomic E-state index is 13.3. The zero-order valence-corrected chi connectivity index (χ0v) is 8.22. The highest BCUT2D eigenvalue weighted by atomic mass is 79.9. The molecule has 1 aliphatic rings. The minimum atomic E-state index is -0.234. The van der Waals surface area contributed by atoms with Crippen molar-refractivity contribution in [3.05, 3.63) is 16.6 Å². The Labute approximate surface area is 78.9 Å². The van der Waals surface area contributed by atoms with Gasteiger partial charge < -0.3 is 0 Å². The van der Waals surface area contributed by atoms with Crippen molar-refractivity contribution in [2.75, 3.05) is 0 Å². The molecule has 1 saturated carbocycles. The minimum Gasteiger partial charge on any atom is -0.236 e. The first-order valence-corrected chi connectivity index (χ1v) is 4.97. The largest absolute Gasteiger partial charge is 0.236 e. The van der Waals surface area contributed by atoms with Crippen molar-refractivity contribution in [2.24, 2.45) is 0 Å². The average molecular weight is 233 g/mol. The molecule has 0 N–H and O–H groups in total. The van der Waals surface area contributed by atoms with E-state index in [-0.39, 0.29) is 12.0 Å². The summed E-state index contributed by atoms with van der Waals surface area (Å²) in [5, 5.41) is 3.99. The van der Waals surface area contributed by atoms with Crippen molar-refractivity contribution < 1.29 is 4.39 Å². The SMILES string of the molecule is Fc1c(Br)cnn1C1CCCC1. The summed E-state index contributed by atoms with van der Waals surface area (Å²) in [6, 6.07) is 0.288. The Morgan fingerprint density at radius 1 is 1.50 bits per heavy atom. The van der Waals surface area contributed by atoms with Crippen molar-refractivity contribution in [1.82, 2.24) is 9.78 Å². The molecule has 2 nitrogen and oxygen atoms in total. The van der Waals surface area contributed by atoms with E-state index in [4.69, 9.17) is 0 Å². The Bertz CT molecular complexity index is 279. The van der Waals surface area contributed by atoms with Crippen LogP contribution in [0.2, 0.25) is 0 Å². The van der Waals surface area contributed by atoms with Crippen LogP contribution < -0.4 is 0 Å². The second kappa shape index (κ2) is 3.17. The van der Waals surface area contributed by atoms with Gasteiger partial charge in [-0.25, -0.2) is 4.68 Å². The molecule has 0 saturated heterocycles. The summed E-state index contributed by atoms with van der Waals surface area (Å²) in [4.78, 5) is 0. The minimum absolute atomic E-state index is 0.234. The predicted molar refractivity (Wildman–Crippen MR) is 47.4 cm³/mol. The van der Waals surface area contributed by atoms with Gasteiger partial charge in [-0.3, -0.25) is 0 Å². The van der Waals surface area contributed by atoms with Crippen molar-refractivity contribution >= 4 is 15.9 Å². The Kier molecular flexibility index (Phi) is 2.17. The van der Waals surface area contributed by atoms with Crippen LogP contribution in [0.3, 0.4) is 0 Å². The summed E-state index contributed by atoms with van der Waals surface area (Å²) in [5.74, 6) is -0.234. The molecule has 1 aromatic heterocycles. The van der Waals surface area contributed by atoms with E-state index in [9.17, 15) is 4.39 Å². The molecule has 0 aromatic carbocycles. The molecular weight excluding hydrogens is 223 g/mol. The van der Waals surface area contributed by atoms with Gasteiger partial charge >= 0.3 is 0 Å². The fraction of sp³-hybridized carbons (Fsp3) is 0.625. The molecule has 1 aromatic rings. The van der Waals surface area contributed by atoms with E-state index in [0.29, 0.717) is 4.47 Å². The van der Waals surface area contributed by atoms with E-state index in [1.54, 1.807) is 0 Å². The van der Waals surface area contributed by atoms with Gasteiger partial charge in [-0.2, -0.15) is 9.49 Å². The monoisotopic (exact) mass is 232 g/mol. The molecule has 4 heteroatoms. The Balaban J connectivity index is 2.26. The van der Waals surface area contributed by atoms with E-state index in [2.05, 4.69) is 21.0 Å². The molecule has 66 valence electrons. The van der Waals surface area contributed by atoms with Gasteiger partial charge in [0.15, 0.2) is 0 Å². The van der Waals surface area contributed by atoms with Crippen LogP contribution in [0, 0.1) is 5.95 Å². The van der Waals surface area contributed by atoms with Gasteiger partial charge in [-0.15, -0.1) is 0 Å². The number of nitrogens with zero attached hydrogens (tertiary/aromatic N) is 2. The molecule has 0 atom stereocenters. The Morgan fingerprint density at radius 3 is 2.67 bits per heavy atom. The van der Waals surface area contributed by atoms with E-state index in [0.717, 1.165) is 12.8 Å². The van der Waals surface area contributed by atoms with Crippen molar-refractivity contribution in [1.29, 1.82) is 0 Å². The van der Waals surface area contributed by atoms with Gasteiger partial charge in [0.1, 0.15) is 0 Å². The number of aromatic nitrogens is 2. The lowest BCUT2D eigenvalue weighted by Gasteiger charge is -2.09. The van der Waals surface area contributed by atoms with Gasteiger partial charge in [0.25, 0.3) is 0 Å². The molecule has 12 heavy (non-hydrogen) atoms. The van der Waals surface area contributed by atoms with Crippen LogP contribution in [0.4, 0.5) is 4.39 Å². The topological polar surface area (TPSA) is 17.8 Å². The highest BCUT2D eigenvalue weighted by Crippen LogP contribution is 2.30. The van der Waals surface area contributed by atoms with Gasteiger partial charge in [-0.05, 0) is 28.8 Å². The lowest BCUT2D eigenvalue weighted by molar-refractivity contribution is 0.379. The summed E-state index contributed by atoms with van der Waals surface area (Å²) in [7, 11) is 0. The van der Waals surface area contributed by atoms with Crippen LogP contribution in [-0.4, -0.2) is 9.78 Å². The molecule has 1 aliphatic carbocycles. The zero-order valence-electron chi connectivity index (χ0n) is 6.63. The average Bonchev–Trinajstić information content (AvgIpc) is 2.64. The third-order valence-corrected chi connectivity index (χ3v) is 2.90. The van der Waals surface area contributed by atoms with Gasteiger partial charge in [0, 0.05) is 0 Å². The third-order valence-electron chi connectivity index (χ3n) is 2.36. The first kappa shape index (κ1) is 8.23. The maximum Gasteiger partial charge on any atom is 0.226 e. The fourth-order valence-corrected chi connectivity index (χ4v) is 2.00. The van der Waals surface area contributed by atoms with Gasteiger partial charge in [0.2, 0.25) is 5.95 Å². The molecule has 0 amide bonds. The van der Waals surface area contributed by atoms with E-state index in [1.165, 1.54) is 23.7 Å². The molecule has 0 unspecified atom stereocenters. The molecule has 1 fully saturated rings. The fourth-order valence-electron chi connectivity index (χ4n) is 1.73. The van der Waals surface area contributed by atoms with Crippen molar-refractivity contribution in [3.8, 4) is 0 Å². The molecular formula is C8H10BrFN2. The van der Waals surface area contributed by atoms with E-state index < -0.39 is 0 Å². The standard InChI is InChI=1S/C8H10BrFN2/c9-7-5-11-12(8(7)10)6-3-1-2-4-6/h5-6H,1-4H2. The zero-order chi connectivity index (χ0) is 8.55. The predicted octanol–water partition coefficient (Wildman–Crippen LogP) is 2.90. The normalized spacial score (nSPS) is 18.8. The van der Waals surface area contributed by atoms with Gasteiger partial charge in [-0.1, -0.05) is 12.8 Å². The van der Waals surface area contributed by atoms with Crippen LogP contribution >= 0.6 is 15.9 Å². The molecule has 0 bridgehead atoms. The molecule has 0 radical (unpaired) electrons. The van der Waals surface area contributed by atoms with Gasteiger partial charge in [0.05, 0.1) is 16.7 Å². The summed E-state index contributed by atoms with van der Waals surface area (Å²) < 4.78 is 15.2. The number of rotatable bonds is 1. The van der Waals surface area contributed by atoms with E-state index >= 15 is 0 Å². The summed E-state index contributed by atoms with van der Waals surface area (Å²) in [5.41, 5.74) is 0. The van der Waals surface area contributed by atoms with Crippen LogP contribution in [-0.2, 0) is 0 Å². The first-order valence-electron chi connectivity index (χ1n) is 4.17. The summed E-state index contributed by atoms with van der Waals surface area (Å²) in [6.45, 7) is 0. The van der Waals surface area contributed by atoms with Crippen LogP contribution in [0.25, 0.3) is 0 Å². The maximum atomic E-state index is 13.3. The van der Waals surface area contributed by atoms with E-state index in [1.807, 2.05) is 0 Å². The van der Waals surface area contributed by atoms with Crippen LogP contribution in [0.5, 0.6) is 0 Å². The number of hydrogen-bond acceptors (Lipinski definition) is 1. The quantitative estimate of drug-likeness (QED) is 0.729. The number of hydrogen-bond donors (Lipinski definition) is 0. The first-order chi connectivity index (χ1) is 5.79.